The van der Waals surface area contributed by atoms with Crippen LogP contribution in [0, 0.1) is 0 Å². The Morgan fingerprint density at radius 1 is 1.30 bits per heavy atom. The smallest absolute Gasteiger partial charge is 0.234 e. The van der Waals surface area contributed by atoms with E-state index in [4.69, 9.17) is 23.2 Å². The lowest BCUT2D eigenvalue weighted by Crippen LogP contribution is -2.16. The standard InChI is InChI=1S/C19H22Cl2N4OS/c1-2-10-25-18(13-6-4-3-5-7-13)23-24-19(25)27-12-17(26)22-16-11-14(20)8-9-15(16)21/h2,8-9,11,13H,1,3-7,10,12H2,(H,22,26). The van der Waals surface area contributed by atoms with Gasteiger partial charge in [0.25, 0.3) is 0 Å². The van der Waals surface area contributed by atoms with E-state index in [0.29, 0.717) is 28.2 Å². The highest BCUT2D eigenvalue weighted by molar-refractivity contribution is 7.99. The molecule has 0 atom stereocenters. The summed E-state index contributed by atoms with van der Waals surface area (Å²) < 4.78 is 2.08. The van der Waals surface area contributed by atoms with Gasteiger partial charge in [-0.3, -0.25) is 4.79 Å². The Bertz CT molecular complexity index is 818. The summed E-state index contributed by atoms with van der Waals surface area (Å²) in [6, 6.07) is 4.97. The van der Waals surface area contributed by atoms with Crippen LogP contribution in [0.5, 0.6) is 0 Å². The van der Waals surface area contributed by atoms with Crippen molar-refractivity contribution in [3.63, 3.8) is 0 Å². The van der Waals surface area contributed by atoms with Crippen molar-refractivity contribution in [3.05, 3.63) is 46.7 Å². The molecule has 0 unspecified atom stereocenters. The van der Waals surface area contributed by atoms with Crippen molar-refractivity contribution in [2.75, 3.05) is 11.1 Å². The summed E-state index contributed by atoms with van der Waals surface area (Å²) in [4.78, 5) is 12.3. The third kappa shape index (κ3) is 5.27. The molecule has 1 aliphatic rings. The van der Waals surface area contributed by atoms with Gasteiger partial charge in [0.1, 0.15) is 5.82 Å². The molecular formula is C19H22Cl2N4OS. The summed E-state index contributed by atoms with van der Waals surface area (Å²) in [5, 5.41) is 13.2. The van der Waals surface area contributed by atoms with E-state index in [1.54, 1.807) is 18.2 Å². The Balaban J connectivity index is 1.66. The van der Waals surface area contributed by atoms with Crippen molar-refractivity contribution in [1.82, 2.24) is 14.8 Å². The van der Waals surface area contributed by atoms with Crippen LogP contribution in [0.4, 0.5) is 5.69 Å². The van der Waals surface area contributed by atoms with E-state index in [0.717, 1.165) is 23.8 Å². The molecule has 1 aromatic heterocycles. The van der Waals surface area contributed by atoms with E-state index in [2.05, 4.69) is 26.7 Å². The van der Waals surface area contributed by atoms with Crippen LogP contribution in [0.1, 0.15) is 43.8 Å². The fraction of sp³-hybridized carbons (Fsp3) is 0.421. The van der Waals surface area contributed by atoms with Crippen molar-refractivity contribution in [2.45, 2.75) is 49.7 Å². The molecule has 0 spiro atoms. The number of hydrogen-bond acceptors (Lipinski definition) is 4. The summed E-state index contributed by atoms with van der Waals surface area (Å²) >= 11 is 13.4. The van der Waals surface area contributed by atoms with E-state index in [1.165, 1.54) is 31.0 Å². The second-order valence-corrected chi connectivity index (χ2v) is 8.32. The Morgan fingerprint density at radius 3 is 2.81 bits per heavy atom. The van der Waals surface area contributed by atoms with Gasteiger partial charge >= 0.3 is 0 Å². The van der Waals surface area contributed by atoms with Gasteiger partial charge in [-0.2, -0.15) is 0 Å². The zero-order chi connectivity index (χ0) is 19.2. The van der Waals surface area contributed by atoms with Gasteiger partial charge in [0.05, 0.1) is 16.5 Å². The lowest BCUT2D eigenvalue weighted by Gasteiger charge is -2.21. The largest absolute Gasteiger partial charge is 0.324 e. The molecule has 8 heteroatoms. The molecule has 0 radical (unpaired) electrons. The van der Waals surface area contributed by atoms with Crippen LogP contribution in [0.15, 0.2) is 36.0 Å². The molecule has 0 saturated heterocycles. The predicted octanol–water partition coefficient (Wildman–Crippen LogP) is 5.55. The summed E-state index contributed by atoms with van der Waals surface area (Å²) in [7, 11) is 0. The van der Waals surface area contributed by atoms with Crippen LogP contribution in [0.2, 0.25) is 10.0 Å². The third-order valence-electron chi connectivity index (χ3n) is 4.56. The first kappa shape index (κ1) is 20.2. The van der Waals surface area contributed by atoms with Crippen LogP contribution in [0.25, 0.3) is 0 Å². The molecule has 1 N–H and O–H groups in total. The average molecular weight is 425 g/mol. The lowest BCUT2D eigenvalue weighted by molar-refractivity contribution is -0.113. The molecule has 1 amide bonds. The number of aromatic nitrogens is 3. The fourth-order valence-corrected chi connectivity index (χ4v) is 4.37. The molecule has 1 aromatic carbocycles. The number of rotatable bonds is 7. The van der Waals surface area contributed by atoms with Gasteiger partial charge in [-0.25, -0.2) is 0 Å². The number of nitrogens with one attached hydrogen (secondary N) is 1. The molecule has 0 aliphatic heterocycles. The van der Waals surface area contributed by atoms with Crippen molar-refractivity contribution in [2.24, 2.45) is 0 Å². The number of thioether (sulfide) groups is 1. The first-order valence-electron chi connectivity index (χ1n) is 9.00. The average Bonchev–Trinajstić information content (AvgIpc) is 3.07. The number of carbonyl (C=O) groups excluding carboxylic acids is 1. The molecular weight excluding hydrogens is 403 g/mol. The maximum Gasteiger partial charge on any atom is 0.234 e. The molecule has 5 nitrogen and oxygen atoms in total. The Labute approximate surface area is 173 Å². The van der Waals surface area contributed by atoms with Crippen LogP contribution in [0.3, 0.4) is 0 Å². The molecule has 1 fully saturated rings. The predicted molar refractivity (Wildman–Crippen MR) is 112 cm³/mol. The first-order valence-corrected chi connectivity index (χ1v) is 10.7. The zero-order valence-corrected chi connectivity index (χ0v) is 17.3. The Kier molecular flexibility index (Phi) is 7.21. The van der Waals surface area contributed by atoms with Gasteiger partial charge in [0.2, 0.25) is 5.91 Å². The molecule has 144 valence electrons. The van der Waals surface area contributed by atoms with Gasteiger partial charge in [-0.15, -0.1) is 16.8 Å². The Hall–Kier alpha value is -1.50. The lowest BCUT2D eigenvalue weighted by atomic mass is 9.89. The molecule has 3 rings (SSSR count). The molecule has 2 aromatic rings. The minimum atomic E-state index is -0.170. The molecule has 27 heavy (non-hydrogen) atoms. The van der Waals surface area contributed by atoms with Crippen molar-refractivity contribution in [1.29, 1.82) is 0 Å². The highest BCUT2D eigenvalue weighted by Crippen LogP contribution is 2.33. The monoisotopic (exact) mass is 424 g/mol. The highest BCUT2D eigenvalue weighted by Gasteiger charge is 2.23. The maximum absolute atomic E-state index is 12.3. The highest BCUT2D eigenvalue weighted by atomic mass is 35.5. The van der Waals surface area contributed by atoms with Crippen LogP contribution in [-0.2, 0) is 11.3 Å². The number of benzene rings is 1. The third-order valence-corrected chi connectivity index (χ3v) is 6.09. The Morgan fingerprint density at radius 2 is 2.07 bits per heavy atom. The number of halogens is 2. The summed E-state index contributed by atoms with van der Waals surface area (Å²) in [6.45, 7) is 4.48. The van der Waals surface area contributed by atoms with Gasteiger partial charge < -0.3 is 9.88 Å². The van der Waals surface area contributed by atoms with E-state index in [1.807, 2.05) is 6.08 Å². The number of allylic oxidation sites excluding steroid dienone is 1. The number of hydrogen-bond donors (Lipinski definition) is 1. The fourth-order valence-electron chi connectivity index (χ4n) is 3.28. The van der Waals surface area contributed by atoms with Crippen molar-refractivity contribution in [3.8, 4) is 0 Å². The normalized spacial score (nSPS) is 14.9. The number of carbonyl (C=O) groups is 1. The van der Waals surface area contributed by atoms with Gasteiger partial charge in [0, 0.05) is 17.5 Å². The van der Waals surface area contributed by atoms with Crippen LogP contribution >= 0.6 is 35.0 Å². The summed E-state index contributed by atoms with van der Waals surface area (Å²) in [5.41, 5.74) is 0.505. The van der Waals surface area contributed by atoms with E-state index in [-0.39, 0.29) is 11.7 Å². The maximum atomic E-state index is 12.3. The number of amides is 1. The van der Waals surface area contributed by atoms with Gasteiger partial charge in [0.15, 0.2) is 5.16 Å². The zero-order valence-electron chi connectivity index (χ0n) is 15.0. The summed E-state index contributed by atoms with van der Waals surface area (Å²) in [6.07, 6.45) is 7.89. The van der Waals surface area contributed by atoms with Gasteiger partial charge in [-0.05, 0) is 31.0 Å². The second kappa shape index (κ2) is 9.62. The topological polar surface area (TPSA) is 59.8 Å². The van der Waals surface area contributed by atoms with Crippen molar-refractivity contribution < 1.29 is 4.79 Å². The van der Waals surface area contributed by atoms with Gasteiger partial charge in [-0.1, -0.05) is 60.3 Å². The minimum absolute atomic E-state index is 0.170. The molecule has 1 saturated carbocycles. The molecule has 1 heterocycles. The number of nitrogens with zero attached hydrogens (tertiary/aromatic N) is 3. The summed E-state index contributed by atoms with van der Waals surface area (Å²) in [5.74, 6) is 1.49. The van der Waals surface area contributed by atoms with E-state index in [9.17, 15) is 4.79 Å². The molecule has 0 bridgehead atoms. The van der Waals surface area contributed by atoms with E-state index < -0.39 is 0 Å². The minimum Gasteiger partial charge on any atom is -0.324 e. The van der Waals surface area contributed by atoms with Crippen LogP contribution in [-0.4, -0.2) is 26.4 Å². The van der Waals surface area contributed by atoms with E-state index >= 15 is 0 Å². The first-order chi connectivity index (χ1) is 13.1. The van der Waals surface area contributed by atoms with Crippen molar-refractivity contribution >= 4 is 46.6 Å². The number of anilines is 1. The SMILES string of the molecule is C=CCn1c(SCC(=O)Nc2cc(Cl)ccc2Cl)nnc1C1CCCCC1. The second-order valence-electron chi connectivity index (χ2n) is 6.54. The molecule has 1 aliphatic carbocycles. The quantitative estimate of drug-likeness (QED) is 0.467. The van der Waals surface area contributed by atoms with Crippen LogP contribution < -0.4 is 5.32 Å².